The third-order valence-corrected chi connectivity index (χ3v) is 10.9. The Hall–Kier alpha value is -1.78. The van der Waals surface area contributed by atoms with Gasteiger partial charge in [0.2, 0.25) is 0 Å². The average Bonchev–Trinajstić information content (AvgIpc) is 3.19. The molecule has 0 saturated carbocycles. The van der Waals surface area contributed by atoms with Crippen molar-refractivity contribution in [1.82, 2.24) is 5.32 Å². The highest BCUT2D eigenvalue weighted by molar-refractivity contribution is 5.70. The van der Waals surface area contributed by atoms with E-state index in [1.54, 1.807) is 7.05 Å². The van der Waals surface area contributed by atoms with Crippen molar-refractivity contribution >= 4 is 11.9 Å². The van der Waals surface area contributed by atoms with Crippen LogP contribution in [0.4, 0.5) is 0 Å². The molecule has 4 unspecified atom stereocenters. The lowest BCUT2D eigenvalue weighted by Gasteiger charge is -2.39. The van der Waals surface area contributed by atoms with E-state index < -0.39 is 23.9 Å². The van der Waals surface area contributed by atoms with Crippen LogP contribution >= 0.6 is 0 Å². The van der Waals surface area contributed by atoms with Crippen molar-refractivity contribution in [1.29, 1.82) is 0 Å². The van der Waals surface area contributed by atoms with Crippen LogP contribution in [-0.2, 0) is 23.8 Å². The lowest BCUT2D eigenvalue weighted by Crippen LogP contribution is -2.57. The van der Waals surface area contributed by atoms with Gasteiger partial charge in [0, 0.05) is 37.9 Å². The van der Waals surface area contributed by atoms with Gasteiger partial charge in [-0.1, -0.05) is 141 Å². The van der Waals surface area contributed by atoms with Crippen molar-refractivity contribution in [3.8, 4) is 0 Å². The summed E-state index contributed by atoms with van der Waals surface area (Å²) in [5.41, 5.74) is 11.0. The van der Waals surface area contributed by atoms with E-state index in [0.29, 0.717) is 19.3 Å². The van der Waals surface area contributed by atoms with E-state index in [-0.39, 0.29) is 38.2 Å². The number of nitrogens with two attached hydrogens (primary N) is 2. The van der Waals surface area contributed by atoms with Gasteiger partial charge >= 0.3 is 11.9 Å². The number of esters is 2. The number of ether oxygens (including phenoxy) is 3. The first-order valence-corrected chi connectivity index (χ1v) is 23.3. The Bertz CT molecular complexity index is 947. The first kappa shape index (κ1) is 54.2. The van der Waals surface area contributed by atoms with E-state index >= 15 is 0 Å². The smallest absolute Gasteiger partial charge is 0.306 e. The Morgan fingerprint density at radius 3 is 1.43 bits per heavy atom. The molecule has 330 valence electrons. The molecule has 9 heteroatoms. The predicted octanol–water partition coefficient (Wildman–Crippen LogP) is 10.5. The third-order valence-electron chi connectivity index (χ3n) is 10.9. The molecule has 0 spiro atoms. The Morgan fingerprint density at radius 2 is 1.02 bits per heavy atom. The highest BCUT2D eigenvalue weighted by Crippen LogP contribution is 2.23. The number of carbonyl (C=O) groups is 2. The summed E-state index contributed by atoms with van der Waals surface area (Å²) in [6.07, 6.45) is 39.5. The Balaban J connectivity index is 4.67. The molecule has 0 aromatic rings. The lowest BCUT2D eigenvalue weighted by atomic mass is 9.88. The molecule has 0 aliphatic rings. The minimum absolute atomic E-state index is 0.0258. The quantitative estimate of drug-likeness (QED) is 0.0269. The maximum absolute atomic E-state index is 13.0. The molecule has 0 rings (SSSR count). The van der Waals surface area contributed by atoms with Crippen molar-refractivity contribution < 1.29 is 28.9 Å². The molecule has 0 bridgehead atoms. The van der Waals surface area contributed by atoms with E-state index in [9.17, 15) is 14.7 Å². The minimum Gasteiger partial charge on any atom is -0.462 e. The third kappa shape index (κ3) is 33.2. The molecule has 6 N–H and O–H groups in total. The Morgan fingerprint density at radius 1 is 0.607 bits per heavy atom. The SMILES string of the molecule is CCCCCCCC/C=C\CCCCCCCC(=O)OCC(CC(C)(NC)C(CN)OCC(O)CN)OC(=O)CCCCCCC/C=C\CCCCCCCC. The summed E-state index contributed by atoms with van der Waals surface area (Å²) < 4.78 is 17.6. The molecule has 0 aliphatic carbocycles. The molecule has 4 atom stereocenters. The standard InChI is InChI=1S/C47H91N3O6/c1-5-7-9-11-13-15-17-19-21-23-25-27-29-31-33-35-45(52)55-41-43(37-47(3,50-4)44(39-49)54-40-42(51)38-48)56-46(53)36-34-32-30-28-26-24-22-20-18-16-14-12-10-8-6-2/h19-22,42-44,50-51H,5-18,23-41,48-49H2,1-4H3/b21-19-,22-20-. The number of allylic oxidation sites excluding steroid dienone is 4. The van der Waals surface area contributed by atoms with Gasteiger partial charge in [-0.25, -0.2) is 0 Å². The fourth-order valence-corrected chi connectivity index (χ4v) is 6.99. The zero-order valence-corrected chi connectivity index (χ0v) is 37.0. The van der Waals surface area contributed by atoms with E-state index in [1.807, 2.05) is 6.92 Å². The van der Waals surface area contributed by atoms with Gasteiger partial charge in [-0.2, -0.15) is 0 Å². The van der Waals surface area contributed by atoms with Gasteiger partial charge in [0.1, 0.15) is 12.7 Å². The largest absolute Gasteiger partial charge is 0.462 e. The van der Waals surface area contributed by atoms with Gasteiger partial charge in [-0.05, 0) is 78.2 Å². The number of rotatable bonds is 42. The summed E-state index contributed by atoms with van der Waals surface area (Å²) in [5.74, 6) is -0.562. The van der Waals surface area contributed by atoms with Crippen LogP contribution in [0.15, 0.2) is 24.3 Å². The van der Waals surface area contributed by atoms with Gasteiger partial charge < -0.3 is 36.1 Å². The minimum atomic E-state index is -0.803. The van der Waals surface area contributed by atoms with Gasteiger partial charge in [0.15, 0.2) is 0 Å². The highest BCUT2D eigenvalue weighted by Gasteiger charge is 2.37. The van der Waals surface area contributed by atoms with Gasteiger partial charge in [-0.15, -0.1) is 0 Å². The van der Waals surface area contributed by atoms with Crippen LogP contribution < -0.4 is 16.8 Å². The van der Waals surface area contributed by atoms with Crippen molar-refractivity contribution in [3.63, 3.8) is 0 Å². The molecular formula is C47H91N3O6. The lowest BCUT2D eigenvalue weighted by molar-refractivity contribution is -0.162. The number of likely N-dealkylation sites (N-methyl/N-ethyl adjacent to an activating group) is 1. The second-order valence-electron chi connectivity index (χ2n) is 16.3. The number of unbranched alkanes of at least 4 members (excludes halogenated alkanes) is 22. The fraction of sp³-hybridized carbons (Fsp3) is 0.872. The fourth-order valence-electron chi connectivity index (χ4n) is 6.99. The number of aliphatic hydroxyl groups is 1. The van der Waals surface area contributed by atoms with E-state index in [0.717, 1.165) is 57.8 Å². The Kier molecular flexibility index (Phi) is 38.7. The molecule has 9 nitrogen and oxygen atoms in total. The number of carbonyl (C=O) groups excluding carboxylic acids is 2. The van der Waals surface area contributed by atoms with E-state index in [1.165, 1.54) is 109 Å². The topological polar surface area (TPSA) is 146 Å². The highest BCUT2D eigenvalue weighted by atomic mass is 16.6. The maximum atomic E-state index is 13.0. The molecular weight excluding hydrogens is 703 g/mol. The molecule has 56 heavy (non-hydrogen) atoms. The average molecular weight is 794 g/mol. The van der Waals surface area contributed by atoms with Crippen LogP contribution in [0.3, 0.4) is 0 Å². The van der Waals surface area contributed by atoms with Crippen LogP contribution in [0.1, 0.15) is 207 Å². The van der Waals surface area contributed by atoms with Gasteiger partial charge in [0.25, 0.3) is 0 Å². The predicted molar refractivity (Wildman–Crippen MR) is 236 cm³/mol. The van der Waals surface area contributed by atoms with Crippen LogP contribution in [0, 0.1) is 0 Å². The summed E-state index contributed by atoms with van der Waals surface area (Å²) in [5, 5.41) is 13.3. The molecule has 0 saturated heterocycles. The van der Waals surface area contributed by atoms with E-state index in [2.05, 4.69) is 43.5 Å². The maximum Gasteiger partial charge on any atom is 0.306 e. The van der Waals surface area contributed by atoms with Crippen molar-refractivity contribution in [3.05, 3.63) is 24.3 Å². The van der Waals surface area contributed by atoms with Gasteiger partial charge in [-0.3, -0.25) is 9.59 Å². The summed E-state index contributed by atoms with van der Waals surface area (Å²) in [6, 6.07) is 0. The molecule has 0 aromatic heterocycles. The molecule has 0 radical (unpaired) electrons. The first-order chi connectivity index (χ1) is 27.3. The zero-order chi connectivity index (χ0) is 41.4. The van der Waals surface area contributed by atoms with Gasteiger partial charge in [0.05, 0.1) is 18.8 Å². The molecule has 0 heterocycles. The van der Waals surface area contributed by atoms with Crippen molar-refractivity contribution in [2.24, 2.45) is 11.5 Å². The van der Waals surface area contributed by atoms with Crippen LogP contribution in [0.2, 0.25) is 0 Å². The monoisotopic (exact) mass is 794 g/mol. The normalized spacial score (nSPS) is 14.6. The van der Waals surface area contributed by atoms with Crippen LogP contribution in [0.5, 0.6) is 0 Å². The zero-order valence-electron chi connectivity index (χ0n) is 37.0. The number of hydrogen-bond donors (Lipinski definition) is 4. The van der Waals surface area contributed by atoms with E-state index in [4.69, 9.17) is 25.7 Å². The van der Waals surface area contributed by atoms with Crippen LogP contribution in [-0.4, -0.2) is 74.2 Å². The van der Waals surface area contributed by atoms with Crippen LogP contribution in [0.25, 0.3) is 0 Å². The second kappa shape index (κ2) is 40.0. The summed E-state index contributed by atoms with van der Waals surface area (Å²) in [4.78, 5) is 25.8. The summed E-state index contributed by atoms with van der Waals surface area (Å²) in [6.45, 7) is 6.73. The molecule has 0 aliphatic heterocycles. The number of nitrogens with one attached hydrogen (secondary N) is 1. The summed E-state index contributed by atoms with van der Waals surface area (Å²) in [7, 11) is 1.80. The van der Waals surface area contributed by atoms with Crippen molar-refractivity contribution in [2.75, 3.05) is 33.4 Å². The number of hydrogen-bond acceptors (Lipinski definition) is 9. The molecule has 0 amide bonds. The van der Waals surface area contributed by atoms with Crippen molar-refractivity contribution in [2.45, 2.75) is 231 Å². The number of aliphatic hydroxyl groups excluding tert-OH is 1. The summed E-state index contributed by atoms with van der Waals surface area (Å²) >= 11 is 0. The Labute approximate surface area is 345 Å². The second-order valence-corrected chi connectivity index (χ2v) is 16.3. The molecule has 0 fully saturated rings. The molecule has 0 aromatic carbocycles. The first-order valence-electron chi connectivity index (χ1n) is 23.3.